The average Bonchev–Trinajstić information content (AvgIpc) is 2.16. The Balaban J connectivity index is 4.16. The van der Waals surface area contributed by atoms with Crippen molar-refractivity contribution in [2.24, 2.45) is 0 Å². The highest BCUT2D eigenvalue weighted by Crippen LogP contribution is 2.05. The summed E-state index contributed by atoms with van der Waals surface area (Å²) in [6.45, 7) is 0. The van der Waals surface area contributed by atoms with Gasteiger partial charge in [0.2, 0.25) is 0 Å². The van der Waals surface area contributed by atoms with E-state index in [4.69, 9.17) is 23.2 Å². The third kappa shape index (κ3) is 4.98. The first-order chi connectivity index (χ1) is 6.51. The Labute approximate surface area is 91.7 Å². The zero-order valence-electron chi connectivity index (χ0n) is 7.73. The van der Waals surface area contributed by atoms with Crippen molar-refractivity contribution in [3.05, 3.63) is 0 Å². The molecule has 0 heterocycles. The van der Waals surface area contributed by atoms with Gasteiger partial charge in [-0.25, -0.2) is 9.59 Å². The van der Waals surface area contributed by atoms with Gasteiger partial charge in [-0.1, -0.05) is 0 Å². The fraction of sp³-hybridized carbons (Fsp3) is 0.667. The molecule has 0 atom stereocenters. The third-order valence-electron chi connectivity index (χ3n) is 1.28. The van der Waals surface area contributed by atoms with Crippen LogP contribution in [0.3, 0.4) is 0 Å². The minimum absolute atomic E-state index is 0.488. The lowest BCUT2D eigenvalue weighted by molar-refractivity contribution is 0.229. The molecule has 14 heavy (non-hydrogen) atoms. The van der Waals surface area contributed by atoms with Gasteiger partial charge in [-0.15, -0.1) is 23.2 Å². The quantitative estimate of drug-likeness (QED) is 0.415. The standard InChI is InChI=1S/C6H12Cl2N4O2/c1-9-5(13)11-4(3(7)8)12-6(14)10-2/h3-4H,1-2H3,(H2,9,11,13)(H2,10,12,14). The molecule has 0 aromatic rings. The zero-order chi connectivity index (χ0) is 11.1. The highest BCUT2D eigenvalue weighted by molar-refractivity contribution is 6.44. The minimum atomic E-state index is -0.940. The van der Waals surface area contributed by atoms with Crippen LogP contribution in [0, 0.1) is 0 Å². The largest absolute Gasteiger partial charge is 0.341 e. The van der Waals surface area contributed by atoms with Gasteiger partial charge in [0.25, 0.3) is 0 Å². The summed E-state index contributed by atoms with van der Waals surface area (Å²) < 4.78 is 0. The molecule has 82 valence electrons. The van der Waals surface area contributed by atoms with Gasteiger partial charge in [0.1, 0.15) is 11.0 Å². The molecule has 0 aromatic carbocycles. The third-order valence-corrected chi connectivity index (χ3v) is 1.78. The SMILES string of the molecule is CNC(=O)NC(NC(=O)NC)C(Cl)Cl. The predicted octanol–water partition coefficient (Wildman–Crippen LogP) is -0.0258. The summed E-state index contributed by atoms with van der Waals surface area (Å²) in [5.74, 6) is 0. The summed E-state index contributed by atoms with van der Waals surface area (Å²) >= 11 is 11.1. The molecule has 4 N–H and O–H groups in total. The summed E-state index contributed by atoms with van der Waals surface area (Å²) in [5, 5.41) is 9.30. The van der Waals surface area contributed by atoms with Gasteiger partial charge in [0.15, 0.2) is 0 Å². The number of amides is 4. The number of carbonyl (C=O) groups is 2. The number of carbonyl (C=O) groups excluding carboxylic acids is 2. The summed E-state index contributed by atoms with van der Waals surface area (Å²) in [6.07, 6.45) is -0.849. The number of halogens is 2. The Morgan fingerprint density at radius 3 is 1.57 bits per heavy atom. The van der Waals surface area contributed by atoms with E-state index >= 15 is 0 Å². The lowest BCUT2D eigenvalue weighted by Crippen LogP contribution is -2.55. The van der Waals surface area contributed by atoms with Crippen molar-refractivity contribution in [1.29, 1.82) is 0 Å². The van der Waals surface area contributed by atoms with Crippen LogP contribution in [0.1, 0.15) is 0 Å². The maximum Gasteiger partial charge on any atom is 0.316 e. The molecule has 0 saturated carbocycles. The minimum Gasteiger partial charge on any atom is -0.341 e. The van der Waals surface area contributed by atoms with Crippen LogP contribution >= 0.6 is 23.2 Å². The Morgan fingerprint density at radius 2 is 1.36 bits per heavy atom. The Bertz CT molecular complexity index is 194. The molecule has 0 aliphatic heterocycles. The fourth-order valence-corrected chi connectivity index (χ4v) is 0.841. The fourth-order valence-electron chi connectivity index (χ4n) is 0.589. The lowest BCUT2D eigenvalue weighted by atomic mass is 10.5. The molecule has 6 nitrogen and oxygen atoms in total. The van der Waals surface area contributed by atoms with Crippen LogP contribution in [0.4, 0.5) is 9.59 Å². The second-order valence-corrected chi connectivity index (χ2v) is 3.42. The van der Waals surface area contributed by atoms with Gasteiger partial charge < -0.3 is 21.3 Å². The molecule has 0 fully saturated rings. The molecule has 0 saturated heterocycles. The molecule has 0 rings (SSSR count). The van der Waals surface area contributed by atoms with E-state index in [1.807, 2.05) is 0 Å². The van der Waals surface area contributed by atoms with E-state index in [2.05, 4.69) is 21.3 Å². The van der Waals surface area contributed by atoms with Gasteiger partial charge >= 0.3 is 12.1 Å². The predicted molar refractivity (Wildman–Crippen MR) is 54.5 cm³/mol. The second-order valence-electron chi connectivity index (χ2n) is 2.26. The Hall–Kier alpha value is -0.880. The smallest absolute Gasteiger partial charge is 0.316 e. The van der Waals surface area contributed by atoms with E-state index in [0.29, 0.717) is 0 Å². The number of alkyl halides is 2. The van der Waals surface area contributed by atoms with Crippen LogP contribution < -0.4 is 21.3 Å². The summed E-state index contributed by atoms with van der Waals surface area (Å²) in [4.78, 5) is 20.8. The van der Waals surface area contributed by atoms with Gasteiger partial charge in [-0.2, -0.15) is 0 Å². The Kier molecular flexibility index (Phi) is 6.14. The molecule has 0 unspecified atom stereocenters. The van der Waals surface area contributed by atoms with Gasteiger partial charge in [0.05, 0.1) is 0 Å². The van der Waals surface area contributed by atoms with Crippen molar-refractivity contribution in [3.8, 4) is 0 Å². The molecule has 0 radical (unpaired) electrons. The van der Waals surface area contributed by atoms with Crippen LogP contribution in [0.5, 0.6) is 0 Å². The van der Waals surface area contributed by atoms with Crippen LogP contribution in [-0.2, 0) is 0 Å². The monoisotopic (exact) mass is 242 g/mol. The first-order valence-corrected chi connectivity index (χ1v) is 4.63. The summed E-state index contributed by atoms with van der Waals surface area (Å²) in [7, 11) is 2.87. The second kappa shape index (κ2) is 6.56. The van der Waals surface area contributed by atoms with Gasteiger partial charge in [-0.05, 0) is 0 Å². The van der Waals surface area contributed by atoms with Crippen molar-refractivity contribution >= 4 is 35.3 Å². The molecule has 0 spiro atoms. The van der Waals surface area contributed by atoms with Crippen molar-refractivity contribution in [1.82, 2.24) is 21.3 Å². The van der Waals surface area contributed by atoms with E-state index in [9.17, 15) is 9.59 Å². The number of urea groups is 2. The van der Waals surface area contributed by atoms with E-state index in [-0.39, 0.29) is 0 Å². The maximum atomic E-state index is 10.9. The first kappa shape index (κ1) is 13.1. The highest BCUT2D eigenvalue weighted by Gasteiger charge is 2.20. The average molecular weight is 243 g/mol. The highest BCUT2D eigenvalue weighted by atomic mass is 35.5. The van der Waals surface area contributed by atoms with E-state index < -0.39 is 23.1 Å². The number of hydrogen-bond donors (Lipinski definition) is 4. The van der Waals surface area contributed by atoms with E-state index in [1.54, 1.807) is 0 Å². The number of rotatable bonds is 3. The van der Waals surface area contributed by atoms with Crippen molar-refractivity contribution < 1.29 is 9.59 Å². The molecule has 0 aliphatic rings. The lowest BCUT2D eigenvalue weighted by Gasteiger charge is -2.20. The van der Waals surface area contributed by atoms with Crippen LogP contribution in [-0.4, -0.2) is 37.2 Å². The van der Waals surface area contributed by atoms with Crippen LogP contribution in [0.25, 0.3) is 0 Å². The number of hydrogen-bond acceptors (Lipinski definition) is 2. The van der Waals surface area contributed by atoms with E-state index in [0.717, 1.165) is 0 Å². The molecular weight excluding hydrogens is 231 g/mol. The van der Waals surface area contributed by atoms with Gasteiger partial charge in [0, 0.05) is 14.1 Å². The zero-order valence-corrected chi connectivity index (χ0v) is 9.24. The summed E-state index contributed by atoms with van der Waals surface area (Å²) in [5.41, 5.74) is 0. The van der Waals surface area contributed by atoms with Crippen molar-refractivity contribution in [2.75, 3.05) is 14.1 Å². The summed E-state index contributed by atoms with van der Waals surface area (Å²) in [6, 6.07) is -0.976. The molecule has 4 amide bonds. The van der Waals surface area contributed by atoms with Crippen molar-refractivity contribution in [2.45, 2.75) is 11.0 Å². The topological polar surface area (TPSA) is 82.3 Å². The molecule has 8 heteroatoms. The molecular formula is C6H12Cl2N4O2. The molecule has 0 bridgehead atoms. The van der Waals surface area contributed by atoms with Crippen LogP contribution in [0.15, 0.2) is 0 Å². The van der Waals surface area contributed by atoms with E-state index in [1.165, 1.54) is 14.1 Å². The first-order valence-electron chi connectivity index (χ1n) is 3.76. The number of nitrogens with one attached hydrogen (secondary N) is 4. The van der Waals surface area contributed by atoms with Crippen molar-refractivity contribution in [3.63, 3.8) is 0 Å². The normalized spacial score (nSPS) is 9.86. The Morgan fingerprint density at radius 1 is 1.00 bits per heavy atom. The molecule has 0 aliphatic carbocycles. The molecule has 0 aromatic heterocycles. The van der Waals surface area contributed by atoms with Gasteiger partial charge in [-0.3, -0.25) is 0 Å². The maximum absolute atomic E-state index is 10.9. The van der Waals surface area contributed by atoms with Crippen LogP contribution in [0.2, 0.25) is 0 Å².